The average molecular weight is 149 g/mol. The average Bonchev–Trinajstić information content (AvgIpc) is 1.90. The molecule has 1 fully saturated rings. The number of aliphatic carboxylic acids is 1. The van der Waals surface area contributed by atoms with Gasteiger partial charge in [0.2, 0.25) is 0 Å². The highest BCUT2D eigenvalue weighted by atomic mass is 19.0. The smallest absolute Gasteiger partial charge is 0.307 e. The van der Waals surface area contributed by atoms with Crippen LogP contribution in [0.5, 0.6) is 0 Å². The molecular formula is C6H12FNO2. The van der Waals surface area contributed by atoms with Crippen molar-refractivity contribution in [3.63, 3.8) is 0 Å². The van der Waals surface area contributed by atoms with E-state index in [1.807, 2.05) is 0 Å². The lowest BCUT2D eigenvalue weighted by Gasteiger charge is -2.18. The van der Waals surface area contributed by atoms with Gasteiger partial charge in [0.1, 0.15) is 0 Å². The Morgan fingerprint density at radius 2 is 2.30 bits per heavy atom. The van der Waals surface area contributed by atoms with Crippen LogP contribution in [-0.4, -0.2) is 24.2 Å². The third-order valence-corrected chi connectivity index (χ3v) is 1.65. The number of halogens is 1. The zero-order valence-corrected chi connectivity index (χ0v) is 5.67. The van der Waals surface area contributed by atoms with Crippen molar-refractivity contribution in [1.29, 1.82) is 0 Å². The zero-order valence-electron chi connectivity index (χ0n) is 5.67. The molecule has 0 aromatic rings. The highest BCUT2D eigenvalue weighted by molar-refractivity contribution is 5.70. The van der Waals surface area contributed by atoms with Crippen LogP contribution in [0.3, 0.4) is 0 Å². The predicted molar refractivity (Wildman–Crippen MR) is 35.7 cm³/mol. The van der Waals surface area contributed by atoms with Crippen LogP contribution in [0.2, 0.25) is 0 Å². The molecule has 3 nitrogen and oxygen atoms in total. The molecule has 1 unspecified atom stereocenters. The number of hydrogen-bond acceptors (Lipinski definition) is 2. The van der Waals surface area contributed by atoms with E-state index < -0.39 is 5.97 Å². The highest BCUT2D eigenvalue weighted by Crippen LogP contribution is 2.08. The molecule has 0 radical (unpaired) electrons. The second-order valence-electron chi connectivity index (χ2n) is 2.38. The van der Waals surface area contributed by atoms with Gasteiger partial charge in [-0.1, -0.05) is 0 Å². The minimum absolute atomic E-state index is 0. The Morgan fingerprint density at radius 3 is 2.60 bits per heavy atom. The fraction of sp³-hybridized carbons (Fsp3) is 0.833. The lowest BCUT2D eigenvalue weighted by Crippen LogP contribution is -2.34. The van der Waals surface area contributed by atoms with Gasteiger partial charge in [0.25, 0.3) is 0 Å². The summed E-state index contributed by atoms with van der Waals surface area (Å²) in [6.45, 7) is 1.62. The first-order valence-electron chi connectivity index (χ1n) is 3.24. The molecule has 0 aromatic heterocycles. The fourth-order valence-corrected chi connectivity index (χ4v) is 1.06. The molecule has 10 heavy (non-hydrogen) atoms. The number of rotatable bonds is 1. The van der Waals surface area contributed by atoms with Crippen molar-refractivity contribution in [2.24, 2.45) is 5.92 Å². The van der Waals surface area contributed by atoms with Crippen molar-refractivity contribution >= 4 is 5.97 Å². The number of carboxylic acids is 1. The molecule has 4 heteroatoms. The number of hydrogen-bond donors (Lipinski definition) is 2. The van der Waals surface area contributed by atoms with Gasteiger partial charge in [-0.3, -0.25) is 9.50 Å². The van der Waals surface area contributed by atoms with Crippen molar-refractivity contribution in [3.05, 3.63) is 0 Å². The van der Waals surface area contributed by atoms with E-state index in [2.05, 4.69) is 5.32 Å². The van der Waals surface area contributed by atoms with Crippen molar-refractivity contribution in [2.75, 3.05) is 13.1 Å². The normalized spacial score (nSPS) is 25.0. The van der Waals surface area contributed by atoms with Gasteiger partial charge < -0.3 is 10.4 Å². The first-order valence-corrected chi connectivity index (χ1v) is 3.24. The summed E-state index contributed by atoms with van der Waals surface area (Å²) in [7, 11) is 0. The van der Waals surface area contributed by atoms with Crippen LogP contribution in [0, 0.1) is 5.92 Å². The number of carbonyl (C=O) groups is 1. The molecule has 1 saturated heterocycles. The minimum atomic E-state index is -0.665. The van der Waals surface area contributed by atoms with Crippen LogP contribution in [-0.2, 0) is 4.79 Å². The molecule has 0 saturated carbocycles. The summed E-state index contributed by atoms with van der Waals surface area (Å²) in [5, 5.41) is 11.5. The lowest BCUT2D eigenvalue weighted by atomic mass is 10.0. The summed E-state index contributed by atoms with van der Waals surface area (Å²) in [4.78, 5) is 10.3. The van der Waals surface area contributed by atoms with Gasteiger partial charge in [-0.15, -0.1) is 0 Å². The minimum Gasteiger partial charge on any atom is -0.481 e. The van der Waals surface area contributed by atoms with Crippen LogP contribution in [0.4, 0.5) is 4.70 Å². The number of carboxylic acid groups (broad SMARTS) is 1. The third-order valence-electron chi connectivity index (χ3n) is 1.65. The van der Waals surface area contributed by atoms with Gasteiger partial charge in [-0.2, -0.15) is 0 Å². The molecule has 1 aliphatic rings. The summed E-state index contributed by atoms with van der Waals surface area (Å²) in [6.07, 6.45) is 1.83. The van der Waals surface area contributed by atoms with Crippen LogP contribution in [0.15, 0.2) is 0 Å². The lowest BCUT2D eigenvalue weighted by molar-refractivity contribution is -0.142. The fourth-order valence-electron chi connectivity index (χ4n) is 1.06. The summed E-state index contributed by atoms with van der Waals surface area (Å²) in [6, 6.07) is 0. The van der Waals surface area contributed by atoms with Gasteiger partial charge in [0.15, 0.2) is 0 Å². The van der Waals surface area contributed by atoms with Gasteiger partial charge >= 0.3 is 5.97 Å². The second-order valence-corrected chi connectivity index (χ2v) is 2.38. The Morgan fingerprint density at radius 1 is 1.60 bits per heavy atom. The summed E-state index contributed by atoms with van der Waals surface area (Å²) < 4.78 is 0. The van der Waals surface area contributed by atoms with E-state index in [1.165, 1.54) is 0 Å². The van der Waals surface area contributed by atoms with Crippen molar-refractivity contribution in [2.45, 2.75) is 12.8 Å². The quantitative estimate of drug-likeness (QED) is 0.560. The van der Waals surface area contributed by atoms with E-state index in [1.54, 1.807) is 0 Å². The number of nitrogens with one attached hydrogen (secondary N) is 1. The molecule has 0 spiro atoms. The van der Waals surface area contributed by atoms with Gasteiger partial charge in [-0.05, 0) is 19.4 Å². The van der Waals surface area contributed by atoms with Crippen LogP contribution >= 0.6 is 0 Å². The maximum Gasteiger partial charge on any atom is 0.307 e. The van der Waals surface area contributed by atoms with Gasteiger partial charge in [0, 0.05) is 6.54 Å². The van der Waals surface area contributed by atoms with Crippen LogP contribution < -0.4 is 5.32 Å². The standard InChI is InChI=1S/C6H11NO2.FH/c8-6(9)5-2-1-3-7-4-5;/h5,7H,1-4H2,(H,8,9);1H. The Hall–Kier alpha value is -0.640. The Bertz CT molecular complexity index is 112. The molecule has 2 N–H and O–H groups in total. The Kier molecular flexibility index (Phi) is 3.95. The summed E-state index contributed by atoms with van der Waals surface area (Å²) >= 11 is 0. The van der Waals surface area contributed by atoms with Crippen LogP contribution in [0.25, 0.3) is 0 Å². The Labute approximate surface area is 58.8 Å². The first-order chi connectivity index (χ1) is 4.30. The Balaban J connectivity index is 0.000000810. The number of piperidine rings is 1. The molecule has 1 heterocycles. The molecule has 0 amide bonds. The van der Waals surface area contributed by atoms with E-state index in [-0.39, 0.29) is 10.6 Å². The van der Waals surface area contributed by atoms with Crippen molar-refractivity contribution in [3.8, 4) is 0 Å². The molecule has 0 aliphatic carbocycles. The van der Waals surface area contributed by atoms with E-state index in [4.69, 9.17) is 5.11 Å². The summed E-state index contributed by atoms with van der Waals surface area (Å²) in [5.41, 5.74) is 0. The van der Waals surface area contributed by atoms with Crippen molar-refractivity contribution in [1.82, 2.24) is 5.32 Å². The van der Waals surface area contributed by atoms with E-state index in [9.17, 15) is 4.79 Å². The van der Waals surface area contributed by atoms with E-state index in [0.29, 0.717) is 6.54 Å². The maximum absolute atomic E-state index is 10.3. The maximum atomic E-state index is 10.3. The first kappa shape index (κ1) is 9.36. The van der Waals surface area contributed by atoms with E-state index >= 15 is 0 Å². The SMILES string of the molecule is F.O=C(O)C1CCCNC1. The highest BCUT2D eigenvalue weighted by Gasteiger charge is 2.18. The van der Waals surface area contributed by atoms with Crippen molar-refractivity contribution < 1.29 is 14.6 Å². The van der Waals surface area contributed by atoms with Crippen LogP contribution in [0.1, 0.15) is 12.8 Å². The zero-order chi connectivity index (χ0) is 6.69. The second kappa shape index (κ2) is 4.22. The summed E-state index contributed by atoms with van der Waals surface area (Å²) in [5.74, 6) is -0.805. The van der Waals surface area contributed by atoms with E-state index in [0.717, 1.165) is 19.4 Å². The largest absolute Gasteiger partial charge is 0.481 e. The van der Waals surface area contributed by atoms with Gasteiger partial charge in [-0.25, -0.2) is 0 Å². The van der Waals surface area contributed by atoms with Gasteiger partial charge in [0.05, 0.1) is 5.92 Å². The molecule has 1 aliphatic heterocycles. The third kappa shape index (κ3) is 2.31. The molecule has 1 rings (SSSR count). The molecule has 60 valence electrons. The molecule has 0 bridgehead atoms. The topological polar surface area (TPSA) is 49.3 Å². The monoisotopic (exact) mass is 149 g/mol. The molecular weight excluding hydrogens is 137 g/mol. The predicted octanol–water partition coefficient (Wildman–Crippen LogP) is 0.223. The molecule has 1 atom stereocenters. The molecule has 0 aromatic carbocycles.